The maximum Gasteiger partial charge on any atom is 0.354 e. The standard InChI is InChI=1S/C11H16N2O4S/c1-11(2,3)18(16,17)13-7-8-4-5-9(10(14)15)12-6-8/h4-6,13H,7H2,1-3H3,(H,14,15). The van der Waals surface area contributed by atoms with Crippen LogP contribution in [0.5, 0.6) is 0 Å². The van der Waals surface area contributed by atoms with E-state index in [2.05, 4.69) is 9.71 Å². The Balaban J connectivity index is 2.74. The maximum atomic E-state index is 11.8. The van der Waals surface area contributed by atoms with Crippen molar-refractivity contribution in [1.29, 1.82) is 0 Å². The Morgan fingerprint density at radius 2 is 2.00 bits per heavy atom. The summed E-state index contributed by atoms with van der Waals surface area (Å²) in [5.41, 5.74) is 0.533. The first kappa shape index (κ1) is 14.6. The minimum absolute atomic E-state index is 0.0718. The van der Waals surface area contributed by atoms with Crippen molar-refractivity contribution in [2.45, 2.75) is 32.1 Å². The fourth-order valence-electron chi connectivity index (χ4n) is 1.05. The molecule has 0 aliphatic rings. The zero-order valence-corrected chi connectivity index (χ0v) is 11.3. The number of carboxylic acid groups (broad SMARTS) is 1. The third kappa shape index (κ3) is 3.51. The maximum absolute atomic E-state index is 11.8. The highest BCUT2D eigenvalue weighted by Crippen LogP contribution is 2.13. The molecule has 0 atom stereocenters. The molecule has 6 nitrogen and oxygen atoms in total. The Morgan fingerprint density at radius 3 is 2.39 bits per heavy atom. The summed E-state index contributed by atoms with van der Waals surface area (Å²) in [5.74, 6) is -1.11. The number of sulfonamides is 1. The molecule has 0 spiro atoms. The van der Waals surface area contributed by atoms with Crippen LogP contribution in [0.4, 0.5) is 0 Å². The van der Waals surface area contributed by atoms with E-state index in [0.717, 1.165) is 0 Å². The van der Waals surface area contributed by atoms with Crippen molar-refractivity contribution in [2.75, 3.05) is 0 Å². The molecule has 1 rings (SSSR count). The number of pyridine rings is 1. The van der Waals surface area contributed by atoms with Crippen molar-refractivity contribution in [3.63, 3.8) is 0 Å². The smallest absolute Gasteiger partial charge is 0.354 e. The van der Waals surface area contributed by atoms with Crippen LogP contribution in [-0.4, -0.2) is 29.2 Å². The van der Waals surface area contributed by atoms with Gasteiger partial charge in [0.15, 0.2) is 0 Å². The number of carboxylic acids is 1. The molecule has 0 aromatic carbocycles. The monoisotopic (exact) mass is 272 g/mol. The predicted octanol–water partition coefficient (Wildman–Crippen LogP) is 0.998. The summed E-state index contributed by atoms with van der Waals surface area (Å²) in [6, 6.07) is 2.87. The Bertz CT molecular complexity index is 529. The minimum atomic E-state index is -3.42. The molecule has 0 aliphatic heterocycles. The van der Waals surface area contributed by atoms with Gasteiger partial charge >= 0.3 is 5.97 Å². The molecule has 0 aliphatic carbocycles. The van der Waals surface area contributed by atoms with Gasteiger partial charge in [0, 0.05) is 12.7 Å². The van der Waals surface area contributed by atoms with E-state index < -0.39 is 20.7 Å². The molecule has 0 amide bonds. The first-order chi connectivity index (χ1) is 8.13. The molecule has 2 N–H and O–H groups in total. The molecule has 0 unspecified atom stereocenters. The van der Waals surface area contributed by atoms with Crippen LogP contribution < -0.4 is 4.72 Å². The second-order valence-electron chi connectivity index (χ2n) is 4.79. The van der Waals surface area contributed by atoms with Gasteiger partial charge in [0.1, 0.15) is 5.69 Å². The van der Waals surface area contributed by atoms with Gasteiger partial charge in [-0.3, -0.25) is 0 Å². The van der Waals surface area contributed by atoms with Crippen LogP contribution in [0, 0.1) is 0 Å². The van der Waals surface area contributed by atoms with Crippen molar-refractivity contribution in [3.05, 3.63) is 29.6 Å². The SMILES string of the molecule is CC(C)(C)S(=O)(=O)NCc1ccc(C(=O)O)nc1. The zero-order valence-electron chi connectivity index (χ0n) is 10.5. The van der Waals surface area contributed by atoms with Crippen molar-refractivity contribution < 1.29 is 18.3 Å². The number of aromatic carboxylic acids is 1. The lowest BCUT2D eigenvalue weighted by Gasteiger charge is -2.19. The van der Waals surface area contributed by atoms with Gasteiger partial charge < -0.3 is 5.11 Å². The van der Waals surface area contributed by atoms with Crippen molar-refractivity contribution in [1.82, 2.24) is 9.71 Å². The largest absolute Gasteiger partial charge is 0.477 e. The van der Waals surface area contributed by atoms with Crippen LogP contribution in [0.3, 0.4) is 0 Å². The van der Waals surface area contributed by atoms with Crippen LogP contribution in [0.1, 0.15) is 36.8 Å². The molecule has 0 saturated heterocycles. The van der Waals surface area contributed by atoms with Gasteiger partial charge in [0.05, 0.1) is 4.75 Å². The van der Waals surface area contributed by atoms with Gasteiger partial charge in [-0.1, -0.05) is 6.07 Å². The van der Waals surface area contributed by atoms with Crippen LogP contribution in [0.2, 0.25) is 0 Å². The summed E-state index contributed by atoms with van der Waals surface area (Å²) in [4.78, 5) is 14.3. The average molecular weight is 272 g/mol. The number of nitrogens with zero attached hydrogens (tertiary/aromatic N) is 1. The van der Waals surface area contributed by atoms with Crippen molar-refractivity contribution in [2.24, 2.45) is 0 Å². The van der Waals surface area contributed by atoms with E-state index in [1.54, 1.807) is 20.8 Å². The second-order valence-corrected chi connectivity index (χ2v) is 7.31. The fraction of sp³-hybridized carbons (Fsp3) is 0.455. The van der Waals surface area contributed by atoms with Crippen LogP contribution in [-0.2, 0) is 16.6 Å². The lowest BCUT2D eigenvalue weighted by atomic mass is 10.2. The Morgan fingerprint density at radius 1 is 1.39 bits per heavy atom. The minimum Gasteiger partial charge on any atom is -0.477 e. The van der Waals surface area contributed by atoms with E-state index in [1.807, 2.05) is 0 Å². The predicted molar refractivity (Wildman–Crippen MR) is 66.7 cm³/mol. The number of rotatable bonds is 4. The van der Waals surface area contributed by atoms with Crippen molar-refractivity contribution in [3.8, 4) is 0 Å². The van der Waals surface area contributed by atoms with Gasteiger partial charge in [-0.2, -0.15) is 0 Å². The molecule has 0 radical (unpaired) electrons. The van der Waals surface area contributed by atoms with E-state index in [1.165, 1.54) is 18.3 Å². The van der Waals surface area contributed by atoms with Gasteiger partial charge in [-0.25, -0.2) is 22.9 Å². The zero-order chi connectivity index (χ0) is 14.0. The first-order valence-electron chi connectivity index (χ1n) is 5.31. The molecule has 1 heterocycles. The summed E-state index contributed by atoms with van der Waals surface area (Å²) < 4.78 is 25.1. The lowest BCUT2D eigenvalue weighted by molar-refractivity contribution is 0.0690. The molecule has 100 valence electrons. The van der Waals surface area contributed by atoms with Crippen LogP contribution in [0.15, 0.2) is 18.3 Å². The van der Waals surface area contributed by atoms with E-state index in [0.29, 0.717) is 5.56 Å². The molecule has 1 aromatic rings. The summed E-state index contributed by atoms with van der Waals surface area (Å²) >= 11 is 0. The summed E-state index contributed by atoms with van der Waals surface area (Å²) in [5, 5.41) is 8.67. The fourth-order valence-corrected chi connectivity index (χ4v) is 1.84. The van der Waals surface area contributed by atoms with Crippen LogP contribution in [0.25, 0.3) is 0 Å². The Labute approximate surface area is 106 Å². The van der Waals surface area contributed by atoms with E-state index in [4.69, 9.17) is 5.11 Å². The van der Waals surface area contributed by atoms with Crippen molar-refractivity contribution >= 4 is 16.0 Å². The molecular weight excluding hydrogens is 256 g/mol. The highest BCUT2D eigenvalue weighted by Gasteiger charge is 2.28. The summed E-state index contributed by atoms with van der Waals surface area (Å²) in [6.45, 7) is 4.88. The Kier molecular flexibility index (Phi) is 4.08. The molecular formula is C11H16N2O4S. The molecule has 0 saturated carbocycles. The van der Waals surface area contributed by atoms with E-state index in [9.17, 15) is 13.2 Å². The van der Waals surface area contributed by atoms with Crippen LogP contribution >= 0.6 is 0 Å². The normalized spacial score (nSPS) is 12.4. The summed E-state index contributed by atoms with van der Waals surface area (Å²) in [7, 11) is -3.42. The second kappa shape index (κ2) is 5.03. The molecule has 0 fully saturated rings. The summed E-state index contributed by atoms with van der Waals surface area (Å²) in [6.07, 6.45) is 1.34. The Hall–Kier alpha value is -1.47. The highest BCUT2D eigenvalue weighted by atomic mass is 32.2. The number of carbonyl (C=O) groups is 1. The number of hydrogen-bond acceptors (Lipinski definition) is 4. The number of aromatic nitrogens is 1. The molecule has 7 heteroatoms. The molecule has 18 heavy (non-hydrogen) atoms. The number of nitrogens with one attached hydrogen (secondary N) is 1. The van der Waals surface area contributed by atoms with E-state index in [-0.39, 0.29) is 12.2 Å². The first-order valence-corrected chi connectivity index (χ1v) is 6.79. The third-order valence-electron chi connectivity index (χ3n) is 2.32. The van der Waals surface area contributed by atoms with Gasteiger partial charge in [0.25, 0.3) is 0 Å². The highest BCUT2D eigenvalue weighted by molar-refractivity contribution is 7.90. The van der Waals surface area contributed by atoms with Gasteiger partial charge in [-0.05, 0) is 32.4 Å². The van der Waals surface area contributed by atoms with Gasteiger partial charge in [0.2, 0.25) is 10.0 Å². The van der Waals surface area contributed by atoms with E-state index >= 15 is 0 Å². The quantitative estimate of drug-likeness (QED) is 0.852. The average Bonchev–Trinajstić information content (AvgIpc) is 2.25. The lowest BCUT2D eigenvalue weighted by Crippen LogP contribution is -2.38. The number of hydrogen-bond donors (Lipinski definition) is 2. The topological polar surface area (TPSA) is 96.4 Å². The molecule has 0 bridgehead atoms. The molecule has 1 aromatic heterocycles. The third-order valence-corrected chi connectivity index (χ3v) is 4.45. The van der Waals surface area contributed by atoms with Gasteiger partial charge in [-0.15, -0.1) is 0 Å².